The van der Waals surface area contributed by atoms with Crippen LogP contribution >= 0.6 is 0 Å². The molecule has 1 fully saturated rings. The molecule has 0 unspecified atom stereocenters. The van der Waals surface area contributed by atoms with Crippen molar-refractivity contribution in [2.24, 2.45) is 0 Å². The van der Waals surface area contributed by atoms with Gasteiger partial charge in [0.15, 0.2) is 0 Å². The number of piperazine rings is 1. The van der Waals surface area contributed by atoms with E-state index in [0.717, 1.165) is 53.8 Å². The Morgan fingerprint density at radius 2 is 1.89 bits per heavy atom. The Kier molecular flexibility index (Phi) is 5.92. The molecule has 2 aromatic carbocycles. The minimum Gasteiger partial charge on any atom is -0.490 e. The molecular formula is C29H32N4O2. The standard InChI is InChI=1S/C29H32N4O2/c1-20-15-25-27(31-20)11-5-13-29(25)35-19-23(34)18-32-16-22-8-3-2-7-21(32)17-33(22)28-12-4-10-26-24(28)9-6-14-30-26/h2-6,9-15,21-23,31,34H,7-8,16-19H2,1H3/t21-,22-,23-/m0/s1. The summed E-state index contributed by atoms with van der Waals surface area (Å²) in [6.07, 6.45) is 7.93. The van der Waals surface area contributed by atoms with Crippen LogP contribution in [0.4, 0.5) is 5.69 Å². The van der Waals surface area contributed by atoms with Gasteiger partial charge in [-0.3, -0.25) is 9.88 Å². The molecule has 3 atom stereocenters. The minimum absolute atomic E-state index is 0.284. The molecule has 0 spiro atoms. The zero-order valence-corrected chi connectivity index (χ0v) is 20.1. The highest BCUT2D eigenvalue weighted by atomic mass is 16.5. The van der Waals surface area contributed by atoms with E-state index in [1.54, 1.807) is 0 Å². The Bertz CT molecular complexity index is 1360. The van der Waals surface area contributed by atoms with Gasteiger partial charge in [0.25, 0.3) is 0 Å². The third kappa shape index (κ3) is 4.40. The maximum atomic E-state index is 10.9. The van der Waals surface area contributed by atoms with Crippen molar-refractivity contribution in [1.82, 2.24) is 14.9 Å². The minimum atomic E-state index is -0.551. The molecule has 2 aromatic heterocycles. The third-order valence-electron chi connectivity index (χ3n) is 7.36. The van der Waals surface area contributed by atoms with Crippen molar-refractivity contribution in [3.63, 3.8) is 0 Å². The van der Waals surface area contributed by atoms with Crippen LogP contribution in [0.3, 0.4) is 0 Å². The van der Waals surface area contributed by atoms with Crippen molar-refractivity contribution >= 4 is 27.5 Å². The van der Waals surface area contributed by atoms with Gasteiger partial charge in [-0.15, -0.1) is 0 Å². The summed E-state index contributed by atoms with van der Waals surface area (Å²) in [5, 5.41) is 13.2. The van der Waals surface area contributed by atoms with Crippen LogP contribution in [0.5, 0.6) is 5.75 Å². The normalized spacial score (nSPS) is 21.4. The number of pyridine rings is 1. The van der Waals surface area contributed by atoms with Gasteiger partial charge < -0.3 is 19.7 Å². The molecule has 0 radical (unpaired) electrons. The lowest BCUT2D eigenvalue weighted by atomic mass is 9.95. The van der Waals surface area contributed by atoms with Gasteiger partial charge in [0.2, 0.25) is 0 Å². The number of aromatic amines is 1. The van der Waals surface area contributed by atoms with Gasteiger partial charge in [0.05, 0.1) is 5.52 Å². The van der Waals surface area contributed by atoms with Crippen molar-refractivity contribution in [3.8, 4) is 5.75 Å². The summed E-state index contributed by atoms with van der Waals surface area (Å²) in [7, 11) is 0. The maximum Gasteiger partial charge on any atom is 0.128 e. The zero-order valence-electron chi connectivity index (χ0n) is 20.1. The number of aromatic nitrogens is 2. The summed E-state index contributed by atoms with van der Waals surface area (Å²) in [5.41, 5.74) is 4.47. The first kappa shape index (κ1) is 22.1. The monoisotopic (exact) mass is 468 g/mol. The highest BCUT2D eigenvalue weighted by Crippen LogP contribution is 2.33. The molecule has 6 nitrogen and oxygen atoms in total. The topological polar surface area (TPSA) is 64.6 Å². The van der Waals surface area contributed by atoms with E-state index < -0.39 is 6.10 Å². The van der Waals surface area contributed by atoms with Crippen molar-refractivity contribution in [1.29, 1.82) is 0 Å². The van der Waals surface area contributed by atoms with Gasteiger partial charge in [-0.1, -0.05) is 24.3 Å². The van der Waals surface area contributed by atoms with Crippen LogP contribution in [-0.4, -0.2) is 64.4 Å². The molecule has 0 saturated carbocycles. The lowest BCUT2D eigenvalue weighted by molar-refractivity contribution is 0.0409. The van der Waals surface area contributed by atoms with E-state index in [9.17, 15) is 5.11 Å². The first-order valence-corrected chi connectivity index (χ1v) is 12.5. The van der Waals surface area contributed by atoms with Gasteiger partial charge in [0.1, 0.15) is 18.5 Å². The lowest BCUT2D eigenvalue weighted by Crippen LogP contribution is -2.60. The van der Waals surface area contributed by atoms with Gasteiger partial charge in [0, 0.05) is 65.6 Å². The summed E-state index contributed by atoms with van der Waals surface area (Å²) in [6.45, 7) is 4.81. The van der Waals surface area contributed by atoms with E-state index in [1.165, 1.54) is 11.1 Å². The van der Waals surface area contributed by atoms with E-state index in [2.05, 4.69) is 62.3 Å². The van der Waals surface area contributed by atoms with E-state index in [-0.39, 0.29) is 6.61 Å². The average Bonchev–Trinajstić information content (AvgIpc) is 3.24. The number of ether oxygens (including phenoxy) is 1. The molecule has 3 aliphatic rings. The van der Waals surface area contributed by atoms with Gasteiger partial charge >= 0.3 is 0 Å². The zero-order chi connectivity index (χ0) is 23.8. The van der Waals surface area contributed by atoms with Crippen LogP contribution in [0.2, 0.25) is 0 Å². The SMILES string of the molecule is Cc1cc2c(OC[C@@H](O)CN3C[C@@H]4CC=CC[C@H]3CN4c3cccc4ncccc34)cccc2[nH]1. The number of nitrogens with one attached hydrogen (secondary N) is 1. The average molecular weight is 469 g/mol. The third-order valence-corrected chi connectivity index (χ3v) is 7.36. The van der Waals surface area contributed by atoms with Crippen LogP contribution in [0.15, 0.2) is 72.9 Å². The number of rotatable bonds is 6. The number of aryl methyl sites for hydroxylation is 1. The predicted molar refractivity (Wildman–Crippen MR) is 141 cm³/mol. The number of hydrogen-bond acceptors (Lipinski definition) is 5. The number of aliphatic hydroxyl groups is 1. The highest BCUT2D eigenvalue weighted by molar-refractivity contribution is 5.92. The van der Waals surface area contributed by atoms with E-state index in [4.69, 9.17) is 4.74 Å². The number of H-pyrrole nitrogens is 1. The Morgan fingerprint density at radius 1 is 1.03 bits per heavy atom. The fourth-order valence-corrected chi connectivity index (χ4v) is 5.70. The Balaban J connectivity index is 1.16. The van der Waals surface area contributed by atoms with Crippen molar-refractivity contribution in [2.45, 2.75) is 38.0 Å². The van der Waals surface area contributed by atoms with Gasteiger partial charge in [-0.25, -0.2) is 0 Å². The molecule has 0 amide bonds. The summed E-state index contributed by atoms with van der Waals surface area (Å²) in [4.78, 5) is 12.9. The second-order valence-corrected chi connectivity index (χ2v) is 9.84. The molecule has 0 aliphatic carbocycles. The highest BCUT2D eigenvalue weighted by Gasteiger charge is 2.35. The van der Waals surface area contributed by atoms with Crippen LogP contribution in [0, 0.1) is 6.92 Å². The molecule has 2 N–H and O–H groups in total. The van der Waals surface area contributed by atoms with Crippen molar-refractivity contribution in [2.75, 3.05) is 31.1 Å². The van der Waals surface area contributed by atoms with Crippen LogP contribution in [0.1, 0.15) is 18.5 Å². The van der Waals surface area contributed by atoms with Crippen LogP contribution in [-0.2, 0) is 0 Å². The fourth-order valence-electron chi connectivity index (χ4n) is 5.70. The van der Waals surface area contributed by atoms with E-state index >= 15 is 0 Å². The summed E-state index contributed by atoms with van der Waals surface area (Å²) in [6, 6.07) is 19.4. The Hall–Kier alpha value is -3.35. The number of aliphatic hydroxyl groups excluding tert-OH is 1. The second-order valence-electron chi connectivity index (χ2n) is 9.84. The van der Waals surface area contributed by atoms with Gasteiger partial charge in [-0.2, -0.15) is 0 Å². The van der Waals surface area contributed by atoms with Crippen LogP contribution < -0.4 is 9.64 Å². The summed E-state index contributed by atoms with van der Waals surface area (Å²) < 4.78 is 6.08. The van der Waals surface area contributed by atoms with Crippen LogP contribution in [0.25, 0.3) is 21.8 Å². The van der Waals surface area contributed by atoms with Crippen molar-refractivity contribution < 1.29 is 9.84 Å². The molecule has 1 saturated heterocycles. The molecule has 4 aromatic rings. The summed E-state index contributed by atoms with van der Waals surface area (Å²) >= 11 is 0. The Morgan fingerprint density at radius 3 is 2.80 bits per heavy atom. The number of hydrogen-bond donors (Lipinski definition) is 2. The fraction of sp³-hybridized carbons (Fsp3) is 0.345. The predicted octanol–water partition coefficient (Wildman–Crippen LogP) is 4.67. The van der Waals surface area contributed by atoms with E-state index in [0.29, 0.717) is 18.6 Å². The number of anilines is 1. The summed E-state index contributed by atoms with van der Waals surface area (Å²) in [5.74, 6) is 0.818. The molecule has 35 heavy (non-hydrogen) atoms. The quantitative estimate of drug-likeness (QED) is 0.403. The molecule has 3 aliphatic heterocycles. The van der Waals surface area contributed by atoms with Crippen molar-refractivity contribution in [3.05, 3.63) is 78.6 Å². The largest absolute Gasteiger partial charge is 0.490 e. The molecule has 6 heteroatoms. The molecule has 180 valence electrons. The molecule has 5 heterocycles. The Labute approximate surface area is 205 Å². The number of nitrogens with zero attached hydrogens (tertiary/aromatic N) is 3. The van der Waals surface area contributed by atoms with E-state index in [1.807, 2.05) is 37.4 Å². The second kappa shape index (κ2) is 9.36. The molecule has 7 rings (SSSR count). The smallest absolute Gasteiger partial charge is 0.128 e. The molecular weight excluding hydrogens is 436 g/mol. The number of benzene rings is 2. The van der Waals surface area contributed by atoms with Gasteiger partial charge in [-0.05, 0) is 62.2 Å². The lowest BCUT2D eigenvalue weighted by Gasteiger charge is -2.49. The molecule has 2 bridgehead atoms. The first-order chi connectivity index (χ1) is 17.2. The first-order valence-electron chi connectivity index (χ1n) is 12.5. The number of fused-ring (bicyclic) bond motifs is 6. The maximum absolute atomic E-state index is 10.9.